The van der Waals surface area contributed by atoms with Crippen LogP contribution in [0.4, 0.5) is 11.4 Å². The van der Waals surface area contributed by atoms with Gasteiger partial charge in [0.15, 0.2) is 6.61 Å². The molecule has 0 aromatic heterocycles. The molecule has 1 saturated heterocycles. The lowest BCUT2D eigenvalue weighted by Gasteiger charge is -2.20. The van der Waals surface area contributed by atoms with Crippen LogP contribution in [-0.4, -0.2) is 37.5 Å². The second-order valence-corrected chi connectivity index (χ2v) is 7.66. The molecule has 29 heavy (non-hydrogen) atoms. The van der Waals surface area contributed by atoms with Crippen molar-refractivity contribution in [2.45, 2.75) is 26.7 Å². The van der Waals surface area contributed by atoms with Crippen LogP contribution in [0.5, 0.6) is 0 Å². The first-order chi connectivity index (χ1) is 14.0. The third-order valence-corrected chi connectivity index (χ3v) is 5.85. The van der Waals surface area contributed by atoms with Crippen molar-refractivity contribution in [1.29, 1.82) is 0 Å². The molecule has 150 valence electrons. The zero-order chi connectivity index (χ0) is 20.5. The summed E-state index contributed by atoms with van der Waals surface area (Å²) in [5.74, 6) is -1.38. The van der Waals surface area contributed by atoms with E-state index in [9.17, 15) is 14.4 Å². The fourth-order valence-electron chi connectivity index (χ4n) is 4.05. The van der Waals surface area contributed by atoms with Gasteiger partial charge in [0, 0.05) is 30.9 Å². The maximum absolute atomic E-state index is 12.5. The van der Waals surface area contributed by atoms with Crippen LogP contribution in [0.25, 0.3) is 0 Å². The molecule has 0 spiro atoms. The molecule has 1 fully saturated rings. The summed E-state index contributed by atoms with van der Waals surface area (Å²) in [7, 11) is 0. The van der Waals surface area contributed by atoms with E-state index < -0.39 is 11.9 Å². The molecule has 0 radical (unpaired) electrons. The highest BCUT2D eigenvalue weighted by molar-refractivity contribution is 6.01. The second kappa shape index (κ2) is 7.70. The number of benzene rings is 2. The molecular weight excluding hydrogens is 368 g/mol. The van der Waals surface area contributed by atoms with Crippen LogP contribution in [0, 0.1) is 19.8 Å². The van der Waals surface area contributed by atoms with Gasteiger partial charge in [-0.25, -0.2) is 0 Å². The Morgan fingerprint density at radius 3 is 2.66 bits per heavy atom. The maximum atomic E-state index is 12.5. The topological polar surface area (TPSA) is 66.9 Å². The van der Waals surface area contributed by atoms with Crippen molar-refractivity contribution < 1.29 is 19.1 Å². The molecule has 4 rings (SSSR count). The molecule has 2 aliphatic rings. The first kappa shape index (κ1) is 19.2. The number of carbonyl (C=O) groups is 3. The van der Waals surface area contributed by atoms with Crippen LogP contribution in [0.1, 0.15) is 23.1 Å². The van der Waals surface area contributed by atoms with E-state index in [1.165, 1.54) is 0 Å². The highest BCUT2D eigenvalue weighted by Gasteiger charge is 2.37. The summed E-state index contributed by atoms with van der Waals surface area (Å²) in [6.45, 7) is 4.53. The van der Waals surface area contributed by atoms with Crippen molar-refractivity contribution >= 4 is 29.2 Å². The van der Waals surface area contributed by atoms with E-state index in [1.54, 1.807) is 9.80 Å². The maximum Gasteiger partial charge on any atom is 0.311 e. The quantitative estimate of drug-likeness (QED) is 0.751. The van der Waals surface area contributed by atoms with E-state index in [4.69, 9.17) is 4.74 Å². The van der Waals surface area contributed by atoms with E-state index in [2.05, 4.69) is 0 Å². The number of nitrogens with zero attached hydrogens (tertiary/aromatic N) is 2. The van der Waals surface area contributed by atoms with E-state index >= 15 is 0 Å². The van der Waals surface area contributed by atoms with Gasteiger partial charge in [-0.05, 0) is 49.1 Å². The van der Waals surface area contributed by atoms with Crippen LogP contribution in [-0.2, 0) is 25.5 Å². The molecule has 2 amide bonds. The van der Waals surface area contributed by atoms with Gasteiger partial charge in [0.05, 0.1) is 5.92 Å². The van der Waals surface area contributed by atoms with E-state index in [0.717, 1.165) is 34.5 Å². The van der Waals surface area contributed by atoms with Gasteiger partial charge >= 0.3 is 5.97 Å². The Bertz CT molecular complexity index is 985. The minimum absolute atomic E-state index is 0.0968. The third-order valence-electron chi connectivity index (χ3n) is 5.85. The lowest BCUT2D eigenvalue weighted by molar-refractivity contribution is -0.151. The Kier molecular flexibility index (Phi) is 5.09. The van der Waals surface area contributed by atoms with Crippen LogP contribution in [0.15, 0.2) is 42.5 Å². The fraction of sp³-hybridized carbons (Fsp3) is 0.348. The lowest BCUT2D eigenvalue weighted by atomic mass is 10.1. The number of carbonyl (C=O) groups excluding carboxylic acids is 3. The molecule has 2 aromatic carbocycles. The molecule has 6 heteroatoms. The van der Waals surface area contributed by atoms with Gasteiger partial charge in [0.25, 0.3) is 5.91 Å². The predicted octanol–water partition coefficient (Wildman–Crippen LogP) is 2.79. The van der Waals surface area contributed by atoms with Crippen molar-refractivity contribution in [2.75, 3.05) is 29.5 Å². The number of ether oxygens (including phenoxy) is 1. The Hall–Kier alpha value is -3.15. The zero-order valence-corrected chi connectivity index (χ0v) is 16.7. The van der Waals surface area contributed by atoms with Crippen LogP contribution >= 0.6 is 0 Å². The summed E-state index contributed by atoms with van der Waals surface area (Å²) in [6.07, 6.45) is 0.907. The number of esters is 1. The van der Waals surface area contributed by atoms with Crippen LogP contribution in [0.3, 0.4) is 0 Å². The average molecular weight is 392 g/mol. The Labute approximate surface area is 170 Å². The summed E-state index contributed by atoms with van der Waals surface area (Å²) in [5.41, 5.74) is 4.95. The number of hydrogen-bond acceptors (Lipinski definition) is 4. The number of anilines is 2. The summed E-state index contributed by atoms with van der Waals surface area (Å²) in [4.78, 5) is 40.8. The summed E-state index contributed by atoms with van der Waals surface area (Å²) in [5, 5.41) is 0. The number of amides is 2. The lowest BCUT2D eigenvalue weighted by Crippen LogP contribution is -2.34. The van der Waals surface area contributed by atoms with Gasteiger partial charge in [-0.2, -0.15) is 0 Å². The average Bonchev–Trinajstić information content (AvgIpc) is 3.32. The minimum Gasteiger partial charge on any atom is -0.455 e. The van der Waals surface area contributed by atoms with Gasteiger partial charge in [-0.1, -0.05) is 30.3 Å². The van der Waals surface area contributed by atoms with Gasteiger partial charge in [-0.15, -0.1) is 0 Å². The van der Waals surface area contributed by atoms with Gasteiger partial charge in [0.2, 0.25) is 5.91 Å². The Morgan fingerprint density at radius 1 is 1.07 bits per heavy atom. The number of aryl methyl sites for hydroxylation is 1. The summed E-state index contributed by atoms with van der Waals surface area (Å²) < 4.78 is 5.29. The smallest absolute Gasteiger partial charge is 0.311 e. The SMILES string of the molecule is Cc1cccc(N2C[C@@H](C(=O)OCC(=O)N3CCc4ccccc43)CC2=O)c1C. The highest BCUT2D eigenvalue weighted by atomic mass is 16.5. The molecule has 0 saturated carbocycles. The number of rotatable bonds is 4. The third kappa shape index (κ3) is 3.62. The zero-order valence-electron chi connectivity index (χ0n) is 16.7. The number of para-hydroxylation sites is 1. The summed E-state index contributed by atoms with van der Waals surface area (Å²) in [6, 6.07) is 13.5. The molecule has 0 bridgehead atoms. The normalized spacial score (nSPS) is 18.1. The van der Waals surface area contributed by atoms with Gasteiger partial charge in [0.1, 0.15) is 0 Å². The Balaban J connectivity index is 1.37. The van der Waals surface area contributed by atoms with Crippen molar-refractivity contribution in [3.05, 3.63) is 59.2 Å². The minimum atomic E-state index is -0.555. The number of hydrogen-bond donors (Lipinski definition) is 0. The molecule has 0 unspecified atom stereocenters. The Morgan fingerprint density at radius 2 is 1.83 bits per heavy atom. The molecule has 2 aromatic rings. The molecule has 6 nitrogen and oxygen atoms in total. The molecular formula is C23H24N2O4. The highest BCUT2D eigenvalue weighted by Crippen LogP contribution is 2.30. The number of fused-ring (bicyclic) bond motifs is 1. The molecule has 2 heterocycles. The van der Waals surface area contributed by atoms with E-state index in [-0.39, 0.29) is 31.4 Å². The van der Waals surface area contributed by atoms with Crippen LogP contribution < -0.4 is 9.80 Å². The standard InChI is InChI=1S/C23H24N2O4/c1-15-6-5-9-19(16(15)2)25-13-18(12-21(25)26)23(28)29-14-22(27)24-11-10-17-7-3-4-8-20(17)24/h3-9,18H,10-14H2,1-2H3/t18-/m0/s1. The van der Waals surface area contributed by atoms with E-state index in [1.807, 2.05) is 56.3 Å². The van der Waals surface area contributed by atoms with Crippen LogP contribution in [0.2, 0.25) is 0 Å². The summed E-state index contributed by atoms with van der Waals surface area (Å²) >= 11 is 0. The predicted molar refractivity (Wildman–Crippen MR) is 110 cm³/mol. The van der Waals surface area contributed by atoms with Crippen molar-refractivity contribution in [2.24, 2.45) is 5.92 Å². The molecule has 1 atom stereocenters. The monoisotopic (exact) mass is 392 g/mol. The fourth-order valence-corrected chi connectivity index (χ4v) is 4.05. The molecule has 2 aliphatic heterocycles. The first-order valence-electron chi connectivity index (χ1n) is 9.87. The van der Waals surface area contributed by atoms with E-state index in [0.29, 0.717) is 6.54 Å². The molecule has 0 N–H and O–H groups in total. The van der Waals surface area contributed by atoms with Gasteiger partial charge in [-0.3, -0.25) is 14.4 Å². The van der Waals surface area contributed by atoms with Crippen molar-refractivity contribution in [3.63, 3.8) is 0 Å². The van der Waals surface area contributed by atoms with Gasteiger partial charge < -0.3 is 14.5 Å². The second-order valence-electron chi connectivity index (χ2n) is 7.66. The van der Waals surface area contributed by atoms with Crippen molar-refractivity contribution in [3.8, 4) is 0 Å². The molecule has 0 aliphatic carbocycles. The first-order valence-corrected chi connectivity index (χ1v) is 9.87. The largest absolute Gasteiger partial charge is 0.455 e. The van der Waals surface area contributed by atoms with Crippen molar-refractivity contribution in [1.82, 2.24) is 0 Å².